The average Bonchev–Trinajstić information content (AvgIpc) is 2.44. The minimum Gasteiger partial charge on any atom is -0.497 e. The molecule has 0 saturated heterocycles. The fraction of sp³-hybridized carbons (Fsp3) is 0.462. The number of rotatable bonds is 6. The van der Waals surface area contributed by atoms with Gasteiger partial charge in [0, 0.05) is 12.6 Å². The fourth-order valence-electron chi connectivity index (χ4n) is 1.74. The molecule has 0 spiro atoms. The molecule has 0 aliphatic carbocycles. The van der Waals surface area contributed by atoms with Crippen LogP contribution in [0, 0.1) is 0 Å². The molecule has 0 fully saturated rings. The van der Waals surface area contributed by atoms with Crippen LogP contribution in [0.15, 0.2) is 18.2 Å². The van der Waals surface area contributed by atoms with E-state index in [9.17, 15) is 18.0 Å². The summed E-state index contributed by atoms with van der Waals surface area (Å²) in [5.41, 5.74) is -0.0315. The molecule has 1 amide bonds. The molecule has 1 aromatic carbocycles. The van der Waals surface area contributed by atoms with E-state index in [1.807, 2.05) is 0 Å². The molecule has 118 valence electrons. The highest BCUT2D eigenvalue weighted by Crippen LogP contribution is 2.27. The van der Waals surface area contributed by atoms with E-state index < -0.39 is 31.8 Å². The Hall–Kier alpha value is -1.96. The minimum atomic E-state index is -4.55. The third-order valence-electron chi connectivity index (χ3n) is 2.67. The Kier molecular flexibility index (Phi) is 5.83. The maximum atomic E-state index is 12.5. The Bertz CT molecular complexity index is 491. The lowest BCUT2D eigenvalue weighted by molar-refractivity contribution is -0.141. The maximum Gasteiger partial charge on any atom is 0.406 e. The first-order valence-electron chi connectivity index (χ1n) is 6.01. The molecule has 0 aliphatic heterocycles. The van der Waals surface area contributed by atoms with E-state index in [4.69, 9.17) is 14.6 Å². The molecule has 21 heavy (non-hydrogen) atoms. The Labute approximate surface area is 119 Å². The Morgan fingerprint density at radius 2 is 1.95 bits per heavy atom. The molecule has 5 nitrogen and oxygen atoms in total. The first-order valence-corrected chi connectivity index (χ1v) is 6.01. The first-order chi connectivity index (χ1) is 9.82. The van der Waals surface area contributed by atoms with Crippen LogP contribution < -0.4 is 9.47 Å². The number of nitrogens with zero attached hydrogens (tertiary/aromatic N) is 1. The number of amides is 1. The van der Waals surface area contributed by atoms with Gasteiger partial charge in [-0.05, 0) is 12.1 Å². The van der Waals surface area contributed by atoms with Gasteiger partial charge in [0.25, 0.3) is 5.91 Å². The number of methoxy groups -OCH3 is 2. The first kappa shape index (κ1) is 17.1. The van der Waals surface area contributed by atoms with Crippen LogP contribution in [-0.4, -0.2) is 56.0 Å². The van der Waals surface area contributed by atoms with Gasteiger partial charge < -0.3 is 19.5 Å². The second kappa shape index (κ2) is 7.16. The lowest BCUT2D eigenvalue weighted by atomic mass is 10.1. The van der Waals surface area contributed by atoms with Crippen molar-refractivity contribution >= 4 is 5.91 Å². The van der Waals surface area contributed by atoms with Crippen LogP contribution in [0.4, 0.5) is 13.2 Å². The largest absolute Gasteiger partial charge is 0.497 e. The highest BCUT2D eigenvalue weighted by molar-refractivity contribution is 5.97. The van der Waals surface area contributed by atoms with E-state index >= 15 is 0 Å². The molecule has 0 atom stereocenters. The molecule has 1 N–H and O–H groups in total. The summed E-state index contributed by atoms with van der Waals surface area (Å²) in [4.78, 5) is 12.7. The van der Waals surface area contributed by atoms with Crippen molar-refractivity contribution in [3.05, 3.63) is 23.8 Å². The van der Waals surface area contributed by atoms with Gasteiger partial charge in [-0.1, -0.05) is 0 Å². The number of carbonyl (C=O) groups excluding carboxylic acids is 1. The lowest BCUT2D eigenvalue weighted by Crippen LogP contribution is -2.40. The molecule has 0 heterocycles. The summed E-state index contributed by atoms with van der Waals surface area (Å²) in [6, 6.07) is 4.17. The number of benzene rings is 1. The van der Waals surface area contributed by atoms with E-state index in [-0.39, 0.29) is 11.3 Å². The molecule has 0 bridgehead atoms. The molecule has 8 heteroatoms. The number of aliphatic hydroxyl groups excluding tert-OH is 1. The third-order valence-corrected chi connectivity index (χ3v) is 2.67. The van der Waals surface area contributed by atoms with E-state index in [0.29, 0.717) is 10.6 Å². The van der Waals surface area contributed by atoms with Gasteiger partial charge in [-0.3, -0.25) is 4.79 Å². The van der Waals surface area contributed by atoms with Gasteiger partial charge in [-0.25, -0.2) is 0 Å². The van der Waals surface area contributed by atoms with Gasteiger partial charge in [0.15, 0.2) is 0 Å². The van der Waals surface area contributed by atoms with Gasteiger partial charge in [0.2, 0.25) is 0 Å². The topological polar surface area (TPSA) is 59.0 Å². The summed E-state index contributed by atoms with van der Waals surface area (Å²) in [5, 5.41) is 8.83. The van der Waals surface area contributed by atoms with Crippen molar-refractivity contribution in [2.24, 2.45) is 0 Å². The van der Waals surface area contributed by atoms with Crippen molar-refractivity contribution < 1.29 is 32.5 Å². The zero-order valence-corrected chi connectivity index (χ0v) is 11.6. The zero-order valence-electron chi connectivity index (χ0n) is 11.6. The second-order valence-electron chi connectivity index (χ2n) is 4.13. The molecular weight excluding hydrogens is 291 g/mol. The zero-order chi connectivity index (χ0) is 16.0. The molecule has 0 radical (unpaired) electrons. The maximum absolute atomic E-state index is 12.5. The summed E-state index contributed by atoms with van der Waals surface area (Å²) >= 11 is 0. The highest BCUT2D eigenvalue weighted by atomic mass is 19.4. The van der Waals surface area contributed by atoms with Gasteiger partial charge in [0.1, 0.15) is 18.0 Å². The monoisotopic (exact) mass is 307 g/mol. The predicted molar refractivity (Wildman–Crippen MR) is 68.6 cm³/mol. The minimum absolute atomic E-state index is 0.0315. The van der Waals surface area contributed by atoms with Crippen molar-refractivity contribution in [3.63, 3.8) is 0 Å². The third kappa shape index (κ3) is 4.82. The smallest absolute Gasteiger partial charge is 0.406 e. The van der Waals surface area contributed by atoms with Gasteiger partial charge >= 0.3 is 6.18 Å². The molecule has 1 rings (SSSR count). The summed E-state index contributed by atoms with van der Waals surface area (Å²) < 4.78 is 47.4. The van der Waals surface area contributed by atoms with Crippen LogP contribution in [-0.2, 0) is 0 Å². The van der Waals surface area contributed by atoms with Crippen molar-refractivity contribution in [2.75, 3.05) is 33.9 Å². The number of aliphatic hydroxyl groups is 1. The molecule has 0 unspecified atom stereocenters. The molecule has 0 saturated carbocycles. The van der Waals surface area contributed by atoms with Crippen LogP contribution in [0.3, 0.4) is 0 Å². The van der Waals surface area contributed by atoms with E-state index in [0.717, 1.165) is 0 Å². The van der Waals surface area contributed by atoms with Crippen LogP contribution in [0.25, 0.3) is 0 Å². The quantitative estimate of drug-likeness (QED) is 0.869. The molecule has 1 aromatic rings. The molecule has 0 aromatic heterocycles. The number of carbonyl (C=O) groups is 1. The summed E-state index contributed by atoms with van der Waals surface area (Å²) in [6.07, 6.45) is -4.55. The van der Waals surface area contributed by atoms with Crippen LogP contribution in [0.5, 0.6) is 11.5 Å². The van der Waals surface area contributed by atoms with Gasteiger partial charge in [-0.15, -0.1) is 0 Å². The normalized spacial score (nSPS) is 11.1. The van der Waals surface area contributed by atoms with Crippen molar-refractivity contribution in [2.45, 2.75) is 6.18 Å². The van der Waals surface area contributed by atoms with Crippen molar-refractivity contribution in [1.82, 2.24) is 4.90 Å². The van der Waals surface area contributed by atoms with Crippen molar-refractivity contribution in [3.8, 4) is 11.5 Å². The lowest BCUT2D eigenvalue weighted by Gasteiger charge is -2.24. The summed E-state index contributed by atoms with van der Waals surface area (Å²) in [6.45, 7) is -2.44. The van der Waals surface area contributed by atoms with Gasteiger partial charge in [0.05, 0.1) is 26.4 Å². The Balaban J connectivity index is 3.08. The number of hydrogen-bond donors (Lipinski definition) is 1. The number of alkyl halides is 3. The molecular formula is C13H16F3NO4. The highest BCUT2D eigenvalue weighted by Gasteiger charge is 2.33. The van der Waals surface area contributed by atoms with E-state index in [1.165, 1.54) is 32.4 Å². The number of ether oxygens (including phenoxy) is 2. The fourth-order valence-corrected chi connectivity index (χ4v) is 1.74. The van der Waals surface area contributed by atoms with Crippen molar-refractivity contribution in [1.29, 1.82) is 0 Å². The van der Waals surface area contributed by atoms with E-state index in [2.05, 4.69) is 0 Å². The predicted octanol–water partition coefficient (Wildman–Crippen LogP) is 1.70. The number of hydrogen-bond acceptors (Lipinski definition) is 4. The van der Waals surface area contributed by atoms with Crippen LogP contribution in [0.2, 0.25) is 0 Å². The second-order valence-corrected chi connectivity index (χ2v) is 4.13. The molecule has 0 aliphatic rings. The summed E-state index contributed by atoms with van der Waals surface area (Å²) in [7, 11) is 2.71. The van der Waals surface area contributed by atoms with Crippen LogP contribution >= 0.6 is 0 Å². The Morgan fingerprint density at radius 1 is 1.29 bits per heavy atom. The van der Waals surface area contributed by atoms with E-state index in [1.54, 1.807) is 0 Å². The van der Waals surface area contributed by atoms with Gasteiger partial charge in [-0.2, -0.15) is 13.2 Å². The Morgan fingerprint density at radius 3 is 2.43 bits per heavy atom. The number of halogens is 3. The average molecular weight is 307 g/mol. The van der Waals surface area contributed by atoms with Crippen LogP contribution in [0.1, 0.15) is 10.4 Å². The SMILES string of the molecule is COc1ccc(C(=O)N(CCO)CC(F)(F)F)c(OC)c1. The standard InChI is InChI=1S/C13H16F3NO4/c1-20-9-3-4-10(11(7-9)21-2)12(19)17(5-6-18)8-13(14,15)16/h3-4,7,18H,5-6,8H2,1-2H3. The summed E-state index contributed by atoms with van der Waals surface area (Å²) in [5.74, 6) is -0.363.